The number of amides is 2. The lowest BCUT2D eigenvalue weighted by Crippen LogP contribution is -2.37. The summed E-state index contributed by atoms with van der Waals surface area (Å²) < 4.78 is 5.28. The van der Waals surface area contributed by atoms with Gasteiger partial charge in [0.1, 0.15) is 6.61 Å². The van der Waals surface area contributed by atoms with Crippen LogP contribution in [-0.2, 0) is 16.1 Å². The molecule has 1 aliphatic rings. The van der Waals surface area contributed by atoms with Crippen molar-refractivity contribution in [1.82, 2.24) is 9.80 Å². The minimum absolute atomic E-state index is 0.0295. The molecule has 0 saturated carbocycles. The topological polar surface area (TPSA) is 137 Å². The van der Waals surface area contributed by atoms with Crippen molar-refractivity contribution >= 4 is 29.4 Å². The maximum Gasteiger partial charge on any atom is 0.410 e. The summed E-state index contributed by atoms with van der Waals surface area (Å²) in [4.78, 5) is 36.6. The van der Waals surface area contributed by atoms with E-state index in [0.29, 0.717) is 23.5 Å². The molecule has 0 radical (unpaired) electrons. The molecule has 2 amide bonds. The van der Waals surface area contributed by atoms with Crippen LogP contribution < -0.4 is 0 Å². The van der Waals surface area contributed by atoms with E-state index in [1.54, 1.807) is 6.19 Å². The van der Waals surface area contributed by atoms with Crippen molar-refractivity contribution < 1.29 is 24.4 Å². The Morgan fingerprint density at radius 2 is 2.14 bits per heavy atom. The number of β-amino-alcohol motifs (C(OH)–C–C–N with tert-alkyl or cyclic N) is 1. The zero-order valence-electron chi connectivity index (χ0n) is 15.9. The van der Waals surface area contributed by atoms with Gasteiger partial charge in [0.15, 0.2) is 6.19 Å². The summed E-state index contributed by atoms with van der Waals surface area (Å²) in [6.45, 7) is 0.138. The normalized spacial score (nSPS) is 18.2. The number of nitrogens with zero attached hydrogens (tertiary/aromatic N) is 4. The number of aliphatic hydroxyl groups excluding tert-OH is 1. The number of aliphatic hydroxyl groups is 1. The summed E-state index contributed by atoms with van der Waals surface area (Å²) >= 11 is 1.47. The van der Waals surface area contributed by atoms with Gasteiger partial charge < -0.3 is 14.7 Å². The van der Waals surface area contributed by atoms with Crippen molar-refractivity contribution in [3.63, 3.8) is 0 Å². The molecule has 156 valence electrons. The Balaban J connectivity index is 1.80. The Morgan fingerprint density at radius 3 is 2.76 bits per heavy atom. The molecule has 1 aromatic carbocycles. The fraction of sp³-hybridized carbons (Fsp3) is 0.500. The van der Waals surface area contributed by atoms with E-state index in [0.717, 1.165) is 4.90 Å². The number of nitro benzene ring substituents is 1. The Hall–Kier alpha value is -2.84. The maximum atomic E-state index is 12.4. The number of thioether (sulfide) groups is 1. The van der Waals surface area contributed by atoms with Crippen molar-refractivity contribution in [3.8, 4) is 6.19 Å². The number of carbonyl (C=O) groups excluding carboxylic acids is 2. The molecule has 2 rings (SSSR count). The van der Waals surface area contributed by atoms with Gasteiger partial charge in [-0.05, 0) is 24.1 Å². The Labute approximate surface area is 172 Å². The van der Waals surface area contributed by atoms with Crippen LogP contribution in [-0.4, -0.2) is 69.1 Å². The third-order valence-electron chi connectivity index (χ3n) is 4.43. The van der Waals surface area contributed by atoms with E-state index < -0.39 is 17.1 Å². The van der Waals surface area contributed by atoms with Crippen LogP contribution in [0.2, 0.25) is 0 Å². The lowest BCUT2D eigenvalue weighted by atomic mass is 10.2. The van der Waals surface area contributed by atoms with Gasteiger partial charge in [-0.2, -0.15) is 17.0 Å². The summed E-state index contributed by atoms with van der Waals surface area (Å²) in [6.07, 6.45) is 1.18. The zero-order chi connectivity index (χ0) is 21.4. The molecule has 1 saturated heterocycles. The van der Waals surface area contributed by atoms with E-state index in [2.05, 4.69) is 0 Å². The molecule has 0 bridgehead atoms. The van der Waals surface area contributed by atoms with Crippen molar-refractivity contribution in [1.29, 1.82) is 5.26 Å². The van der Waals surface area contributed by atoms with Gasteiger partial charge in [0.25, 0.3) is 5.69 Å². The van der Waals surface area contributed by atoms with Crippen LogP contribution in [0, 0.1) is 21.6 Å². The highest BCUT2D eigenvalue weighted by Gasteiger charge is 2.35. The summed E-state index contributed by atoms with van der Waals surface area (Å²) in [5.74, 6) is 0.766. The number of carbonyl (C=O) groups is 2. The minimum Gasteiger partial charge on any atom is -0.445 e. The van der Waals surface area contributed by atoms with Gasteiger partial charge in [0.05, 0.1) is 17.6 Å². The van der Waals surface area contributed by atoms with Gasteiger partial charge in [0, 0.05) is 43.1 Å². The van der Waals surface area contributed by atoms with Crippen molar-refractivity contribution in [2.75, 3.05) is 25.1 Å². The van der Waals surface area contributed by atoms with Gasteiger partial charge in [-0.25, -0.2) is 4.79 Å². The van der Waals surface area contributed by atoms with Crippen LogP contribution in [0.3, 0.4) is 0 Å². The van der Waals surface area contributed by atoms with Gasteiger partial charge in [0.2, 0.25) is 5.91 Å². The van der Waals surface area contributed by atoms with Crippen LogP contribution in [0.15, 0.2) is 24.3 Å². The lowest BCUT2D eigenvalue weighted by molar-refractivity contribution is -0.384. The molecule has 1 aliphatic heterocycles. The van der Waals surface area contributed by atoms with E-state index in [-0.39, 0.29) is 37.2 Å². The molecular formula is C18H22N4O6S. The smallest absolute Gasteiger partial charge is 0.410 e. The summed E-state index contributed by atoms with van der Waals surface area (Å²) in [5, 5.41) is 29.2. The number of non-ortho nitro benzene ring substituents is 1. The van der Waals surface area contributed by atoms with Gasteiger partial charge in [-0.1, -0.05) is 0 Å². The summed E-state index contributed by atoms with van der Waals surface area (Å²) in [7, 11) is 1.41. The molecule has 29 heavy (non-hydrogen) atoms. The lowest BCUT2D eigenvalue weighted by Gasteiger charge is -2.23. The van der Waals surface area contributed by atoms with Crippen molar-refractivity contribution in [2.24, 2.45) is 0 Å². The van der Waals surface area contributed by atoms with E-state index >= 15 is 0 Å². The predicted octanol–water partition coefficient (Wildman–Crippen LogP) is 1.73. The third-order valence-corrected chi connectivity index (χ3v) is 5.54. The molecule has 1 fully saturated rings. The summed E-state index contributed by atoms with van der Waals surface area (Å²) in [5.41, 5.74) is 0.578. The summed E-state index contributed by atoms with van der Waals surface area (Å²) in [6, 6.07) is 5.50. The molecule has 1 N–H and O–H groups in total. The maximum absolute atomic E-state index is 12.4. The number of nitro groups is 1. The molecule has 2 unspecified atom stereocenters. The number of nitriles is 1. The average molecular weight is 422 g/mol. The van der Waals surface area contributed by atoms with E-state index in [1.165, 1.54) is 48.0 Å². The van der Waals surface area contributed by atoms with Gasteiger partial charge >= 0.3 is 6.09 Å². The number of rotatable bonds is 8. The first-order valence-corrected chi connectivity index (χ1v) is 10.1. The molecule has 2 atom stereocenters. The monoisotopic (exact) mass is 422 g/mol. The molecule has 0 spiro atoms. The molecule has 1 heterocycles. The fourth-order valence-corrected chi connectivity index (χ4v) is 3.89. The molecule has 11 heteroatoms. The zero-order valence-corrected chi connectivity index (χ0v) is 16.7. The number of hydrogen-bond acceptors (Lipinski definition) is 8. The number of likely N-dealkylation sites (tertiary alicyclic amines) is 1. The van der Waals surface area contributed by atoms with Gasteiger partial charge in [-0.3, -0.25) is 19.8 Å². The predicted molar refractivity (Wildman–Crippen MR) is 105 cm³/mol. The highest BCUT2D eigenvalue weighted by atomic mass is 32.2. The number of benzene rings is 1. The van der Waals surface area contributed by atoms with E-state index in [9.17, 15) is 24.8 Å². The SMILES string of the molecule is CN(C#N)C(=O)CCSCC1CC(O)CN1C(=O)OCc1ccc([N+](=O)[O-])cc1. The average Bonchev–Trinajstić information content (AvgIpc) is 3.09. The first kappa shape index (κ1) is 22.4. The molecule has 10 nitrogen and oxygen atoms in total. The molecule has 1 aromatic rings. The van der Waals surface area contributed by atoms with Crippen molar-refractivity contribution in [2.45, 2.75) is 31.6 Å². The first-order chi connectivity index (χ1) is 13.8. The molecular weight excluding hydrogens is 400 g/mol. The van der Waals surface area contributed by atoms with Crippen LogP contribution in [0.1, 0.15) is 18.4 Å². The quantitative estimate of drug-likeness (QED) is 0.220. The number of ether oxygens (including phenoxy) is 1. The highest BCUT2D eigenvalue weighted by Crippen LogP contribution is 2.23. The molecule has 0 aliphatic carbocycles. The standard InChI is InChI=1S/C18H22N4O6S/c1-20(12-19)17(24)6-7-29-11-15-8-16(23)9-21(15)18(25)28-10-13-2-4-14(5-3-13)22(26)27/h2-5,15-16,23H,6-11H2,1H3. The Morgan fingerprint density at radius 1 is 1.45 bits per heavy atom. The highest BCUT2D eigenvalue weighted by molar-refractivity contribution is 7.99. The van der Waals surface area contributed by atoms with Crippen LogP contribution in [0.25, 0.3) is 0 Å². The fourth-order valence-electron chi connectivity index (χ4n) is 2.82. The first-order valence-electron chi connectivity index (χ1n) is 8.90. The second kappa shape index (κ2) is 10.6. The van der Waals surface area contributed by atoms with Crippen LogP contribution in [0.4, 0.5) is 10.5 Å². The van der Waals surface area contributed by atoms with Gasteiger partial charge in [-0.15, -0.1) is 0 Å². The Bertz CT molecular complexity index is 782. The second-order valence-corrected chi connectivity index (χ2v) is 7.70. The second-order valence-electron chi connectivity index (χ2n) is 6.55. The van der Waals surface area contributed by atoms with E-state index in [1.807, 2.05) is 0 Å². The van der Waals surface area contributed by atoms with E-state index in [4.69, 9.17) is 10.00 Å². The Kier molecular flexibility index (Phi) is 8.23. The minimum atomic E-state index is -0.640. The van der Waals surface area contributed by atoms with Crippen molar-refractivity contribution in [3.05, 3.63) is 39.9 Å². The molecule has 0 aromatic heterocycles. The number of hydrogen-bond donors (Lipinski definition) is 1. The van der Waals surface area contributed by atoms with Crippen LogP contribution >= 0.6 is 11.8 Å². The largest absolute Gasteiger partial charge is 0.445 e. The third kappa shape index (κ3) is 6.62. The van der Waals surface area contributed by atoms with Crippen LogP contribution in [0.5, 0.6) is 0 Å².